The third-order valence-electron chi connectivity index (χ3n) is 4.30. The minimum Gasteiger partial charge on any atom is -0.496 e. The van der Waals surface area contributed by atoms with E-state index in [0.717, 1.165) is 26.4 Å². The van der Waals surface area contributed by atoms with Crippen LogP contribution < -0.4 is 9.47 Å². The Morgan fingerprint density at radius 1 is 1.04 bits per heavy atom. The zero-order valence-corrected chi connectivity index (χ0v) is 15.1. The van der Waals surface area contributed by atoms with E-state index in [4.69, 9.17) is 9.47 Å². The number of carboxylic acids is 1. The van der Waals surface area contributed by atoms with Crippen LogP contribution in [0, 0.1) is 6.92 Å². The number of hydrogen-bond donors (Lipinski definition) is 1. The Hall–Kier alpha value is -3.05. The first-order valence-electron chi connectivity index (χ1n) is 8.08. The van der Waals surface area contributed by atoms with Gasteiger partial charge in [0, 0.05) is 10.1 Å². The molecule has 0 aliphatic rings. The number of aryl methyl sites for hydroxylation is 1. The van der Waals surface area contributed by atoms with Crippen LogP contribution in [0.3, 0.4) is 0 Å². The fraction of sp³-hybridized carbons (Fsp3) is 0.0952. The van der Waals surface area contributed by atoms with Crippen LogP contribution in [0.5, 0.6) is 17.2 Å². The van der Waals surface area contributed by atoms with Gasteiger partial charge in [-0.25, -0.2) is 4.79 Å². The number of aromatic carboxylic acids is 1. The first kappa shape index (κ1) is 16.4. The van der Waals surface area contributed by atoms with E-state index in [-0.39, 0.29) is 4.88 Å². The summed E-state index contributed by atoms with van der Waals surface area (Å²) in [5.41, 5.74) is 0.954. The number of benzene rings is 3. The second-order valence-corrected chi connectivity index (χ2v) is 7.05. The molecule has 0 saturated heterocycles. The highest BCUT2D eigenvalue weighted by Crippen LogP contribution is 2.43. The van der Waals surface area contributed by atoms with Gasteiger partial charge < -0.3 is 14.6 Å². The van der Waals surface area contributed by atoms with Gasteiger partial charge in [-0.3, -0.25) is 0 Å². The van der Waals surface area contributed by atoms with Crippen LogP contribution in [0.2, 0.25) is 0 Å². The molecule has 0 atom stereocenters. The number of ether oxygens (including phenoxy) is 2. The van der Waals surface area contributed by atoms with E-state index >= 15 is 0 Å². The summed E-state index contributed by atoms with van der Waals surface area (Å²) >= 11 is 1.21. The predicted octanol–water partition coefficient (Wildman–Crippen LogP) is 5.86. The molecule has 0 spiro atoms. The lowest BCUT2D eigenvalue weighted by atomic mass is 10.1. The second-order valence-electron chi connectivity index (χ2n) is 5.99. The number of thiophene rings is 1. The van der Waals surface area contributed by atoms with E-state index in [1.165, 1.54) is 11.3 Å². The molecule has 1 N–H and O–H groups in total. The topological polar surface area (TPSA) is 55.8 Å². The summed E-state index contributed by atoms with van der Waals surface area (Å²) in [6.45, 7) is 1.93. The molecule has 0 amide bonds. The molecule has 4 aromatic rings. The van der Waals surface area contributed by atoms with Crippen LogP contribution in [0.4, 0.5) is 0 Å². The molecule has 130 valence electrons. The third kappa shape index (κ3) is 2.76. The zero-order chi connectivity index (χ0) is 18.3. The van der Waals surface area contributed by atoms with Crippen LogP contribution in [0.15, 0.2) is 54.6 Å². The smallest absolute Gasteiger partial charge is 0.349 e. The molecule has 26 heavy (non-hydrogen) atoms. The monoisotopic (exact) mass is 364 g/mol. The number of methoxy groups -OCH3 is 1. The normalized spacial score (nSPS) is 11.0. The Bertz CT molecular complexity index is 1140. The van der Waals surface area contributed by atoms with Crippen LogP contribution in [0.1, 0.15) is 15.2 Å². The predicted molar refractivity (Wildman–Crippen MR) is 104 cm³/mol. The SMILES string of the molecule is COc1cc2c(Oc3ccc4ccccc4c3)c(C(=O)O)sc2cc1C. The Labute approximate surface area is 154 Å². The lowest BCUT2D eigenvalue weighted by molar-refractivity contribution is 0.0700. The van der Waals surface area contributed by atoms with E-state index < -0.39 is 5.97 Å². The molecule has 0 unspecified atom stereocenters. The molecule has 0 aliphatic carbocycles. The summed E-state index contributed by atoms with van der Waals surface area (Å²) < 4.78 is 12.3. The van der Waals surface area contributed by atoms with Crippen molar-refractivity contribution >= 4 is 38.2 Å². The summed E-state index contributed by atoms with van der Waals surface area (Å²) in [7, 11) is 1.60. The lowest BCUT2D eigenvalue weighted by Gasteiger charge is -2.09. The first-order valence-corrected chi connectivity index (χ1v) is 8.89. The summed E-state index contributed by atoms with van der Waals surface area (Å²) in [5.74, 6) is 0.658. The lowest BCUT2D eigenvalue weighted by Crippen LogP contribution is -1.96. The van der Waals surface area contributed by atoms with E-state index in [1.54, 1.807) is 7.11 Å². The van der Waals surface area contributed by atoms with Crippen LogP contribution in [-0.2, 0) is 0 Å². The number of fused-ring (bicyclic) bond motifs is 2. The Kier molecular flexibility index (Phi) is 4.01. The van der Waals surface area contributed by atoms with Gasteiger partial charge in [0.15, 0.2) is 10.6 Å². The van der Waals surface area contributed by atoms with Crippen molar-refractivity contribution in [2.45, 2.75) is 6.92 Å². The molecule has 0 fully saturated rings. The molecule has 4 rings (SSSR count). The largest absolute Gasteiger partial charge is 0.496 e. The molecule has 5 heteroatoms. The maximum absolute atomic E-state index is 11.7. The van der Waals surface area contributed by atoms with Crippen molar-refractivity contribution in [3.05, 3.63) is 65.0 Å². The second kappa shape index (κ2) is 6.35. The minimum absolute atomic E-state index is 0.181. The maximum Gasteiger partial charge on any atom is 0.349 e. The third-order valence-corrected chi connectivity index (χ3v) is 5.42. The quantitative estimate of drug-likeness (QED) is 0.492. The average molecular weight is 364 g/mol. The van der Waals surface area contributed by atoms with Gasteiger partial charge in [0.1, 0.15) is 11.5 Å². The standard InChI is InChI=1S/C21H16O4S/c1-12-9-18-16(11-17(12)24-2)19(20(26-18)21(22)23)25-15-8-7-13-5-3-4-6-14(13)10-15/h3-11H,1-2H3,(H,22,23). The maximum atomic E-state index is 11.7. The van der Waals surface area contributed by atoms with Crippen molar-refractivity contribution in [2.24, 2.45) is 0 Å². The van der Waals surface area contributed by atoms with Gasteiger partial charge in [0.25, 0.3) is 0 Å². The van der Waals surface area contributed by atoms with E-state index in [9.17, 15) is 9.90 Å². The average Bonchev–Trinajstić information content (AvgIpc) is 2.98. The van der Waals surface area contributed by atoms with Gasteiger partial charge in [0.05, 0.1) is 7.11 Å². The van der Waals surface area contributed by atoms with Gasteiger partial charge in [0.2, 0.25) is 0 Å². The molecule has 1 aromatic heterocycles. The van der Waals surface area contributed by atoms with Gasteiger partial charge in [-0.15, -0.1) is 11.3 Å². The van der Waals surface area contributed by atoms with Gasteiger partial charge in [-0.05, 0) is 47.5 Å². The zero-order valence-electron chi connectivity index (χ0n) is 14.3. The molecule has 3 aromatic carbocycles. The fourth-order valence-corrected chi connectivity index (χ4v) is 4.06. The van der Waals surface area contributed by atoms with Crippen LogP contribution in [0.25, 0.3) is 20.9 Å². The summed E-state index contributed by atoms with van der Waals surface area (Å²) in [5, 5.41) is 12.5. The van der Waals surface area contributed by atoms with E-state index in [2.05, 4.69) is 0 Å². The molecule has 4 nitrogen and oxygen atoms in total. The molecule has 1 heterocycles. The van der Waals surface area contributed by atoms with Gasteiger partial charge in [-0.1, -0.05) is 30.3 Å². The van der Waals surface area contributed by atoms with E-state index in [0.29, 0.717) is 17.2 Å². The molecule has 0 radical (unpaired) electrons. The van der Waals surface area contributed by atoms with Crippen molar-refractivity contribution in [2.75, 3.05) is 7.11 Å². The fourth-order valence-electron chi connectivity index (χ4n) is 3.01. The molecule has 0 aliphatic heterocycles. The van der Waals surface area contributed by atoms with Crippen LogP contribution >= 0.6 is 11.3 Å². The molecular formula is C21H16O4S. The van der Waals surface area contributed by atoms with Gasteiger partial charge >= 0.3 is 5.97 Å². The Balaban J connectivity index is 1.87. The first-order chi connectivity index (χ1) is 12.6. The molecule has 0 bridgehead atoms. The van der Waals surface area contributed by atoms with Gasteiger partial charge in [-0.2, -0.15) is 0 Å². The Morgan fingerprint density at radius 2 is 1.81 bits per heavy atom. The number of carbonyl (C=O) groups is 1. The van der Waals surface area contributed by atoms with E-state index in [1.807, 2.05) is 61.5 Å². The van der Waals surface area contributed by atoms with Crippen molar-refractivity contribution in [1.29, 1.82) is 0 Å². The number of carboxylic acid groups (broad SMARTS) is 1. The summed E-state index contributed by atoms with van der Waals surface area (Å²) in [6.07, 6.45) is 0. The molecule has 0 saturated carbocycles. The number of hydrogen-bond acceptors (Lipinski definition) is 4. The van der Waals surface area contributed by atoms with Crippen molar-refractivity contribution in [1.82, 2.24) is 0 Å². The van der Waals surface area contributed by atoms with Crippen molar-refractivity contribution < 1.29 is 19.4 Å². The van der Waals surface area contributed by atoms with Crippen molar-refractivity contribution in [3.63, 3.8) is 0 Å². The minimum atomic E-state index is -1.00. The highest BCUT2D eigenvalue weighted by molar-refractivity contribution is 7.21. The Morgan fingerprint density at radius 3 is 2.54 bits per heavy atom. The summed E-state index contributed by atoms with van der Waals surface area (Å²) in [6, 6.07) is 17.5. The summed E-state index contributed by atoms with van der Waals surface area (Å²) in [4.78, 5) is 11.9. The number of rotatable bonds is 4. The highest BCUT2D eigenvalue weighted by Gasteiger charge is 2.21. The molecular weight excluding hydrogens is 348 g/mol. The van der Waals surface area contributed by atoms with Crippen molar-refractivity contribution in [3.8, 4) is 17.2 Å². The van der Waals surface area contributed by atoms with Crippen LogP contribution in [-0.4, -0.2) is 18.2 Å². The highest BCUT2D eigenvalue weighted by atomic mass is 32.1.